The van der Waals surface area contributed by atoms with Crippen LogP contribution in [0.25, 0.3) is 72.4 Å². The first kappa shape index (κ1) is 24.2. The van der Waals surface area contributed by atoms with E-state index < -0.39 is 0 Å². The van der Waals surface area contributed by atoms with Crippen LogP contribution in [0.4, 0.5) is 0 Å². The van der Waals surface area contributed by atoms with E-state index in [2.05, 4.69) is 146 Å². The summed E-state index contributed by atoms with van der Waals surface area (Å²) in [6, 6.07) is 45.2. The molecule has 5 aromatic carbocycles. The Morgan fingerprint density at radius 1 is 0.581 bits per heavy atom. The molecule has 0 saturated heterocycles. The van der Waals surface area contributed by atoms with Crippen molar-refractivity contribution in [2.24, 2.45) is 0 Å². The highest BCUT2D eigenvalue weighted by Gasteiger charge is 2.36. The Hall–Kier alpha value is -5.41. The lowest BCUT2D eigenvalue weighted by atomic mass is 9.82. The summed E-state index contributed by atoms with van der Waals surface area (Å²) in [5.74, 6) is 0. The molecular formula is C40H28N2O. The average Bonchev–Trinajstić information content (AvgIpc) is 3.69. The molecule has 43 heavy (non-hydrogen) atoms. The first-order valence-electron chi connectivity index (χ1n) is 14.8. The quantitative estimate of drug-likeness (QED) is 0.218. The predicted molar refractivity (Wildman–Crippen MR) is 176 cm³/mol. The third kappa shape index (κ3) is 3.45. The molecule has 0 aliphatic heterocycles. The van der Waals surface area contributed by atoms with Crippen molar-refractivity contribution in [2.45, 2.75) is 19.3 Å². The van der Waals surface area contributed by atoms with E-state index in [-0.39, 0.29) is 5.41 Å². The van der Waals surface area contributed by atoms with Gasteiger partial charge in [0.25, 0.3) is 0 Å². The van der Waals surface area contributed by atoms with Crippen molar-refractivity contribution in [1.29, 1.82) is 0 Å². The maximum Gasteiger partial charge on any atom is 0.143 e. The lowest BCUT2D eigenvalue weighted by Crippen LogP contribution is -2.14. The van der Waals surface area contributed by atoms with Gasteiger partial charge in [-0.1, -0.05) is 111 Å². The monoisotopic (exact) mass is 552 g/mol. The molecule has 204 valence electrons. The van der Waals surface area contributed by atoms with Crippen molar-refractivity contribution in [3.05, 3.63) is 145 Å². The fourth-order valence-electron chi connectivity index (χ4n) is 7.12. The number of benzene rings is 5. The summed E-state index contributed by atoms with van der Waals surface area (Å²) in [5, 5.41) is 2.31. The molecule has 0 amide bonds. The standard InChI is InChI=1S/C40H28N2O/c1-40(2)33-19-7-6-16-29(33)31-24-35-32(23-34(31)40)30-18-11-17-28(39(30)43-35)26-14-10-15-27(22-26)37-38(25-12-4-3-5-13-25)42-21-9-8-20-36(42)41-37/h3-24H,1-2H3. The summed E-state index contributed by atoms with van der Waals surface area (Å²) in [5.41, 5.74) is 14.5. The molecule has 3 nitrogen and oxygen atoms in total. The molecule has 1 aliphatic carbocycles. The fraction of sp³-hybridized carbons (Fsp3) is 0.0750. The number of para-hydroxylation sites is 1. The molecule has 0 bridgehead atoms. The van der Waals surface area contributed by atoms with Crippen molar-refractivity contribution in [3.8, 4) is 44.8 Å². The second kappa shape index (κ2) is 8.80. The Morgan fingerprint density at radius 3 is 2.23 bits per heavy atom. The van der Waals surface area contributed by atoms with Gasteiger partial charge in [0, 0.05) is 39.1 Å². The van der Waals surface area contributed by atoms with Crippen LogP contribution in [0.1, 0.15) is 25.0 Å². The van der Waals surface area contributed by atoms with Gasteiger partial charge in [-0.25, -0.2) is 4.98 Å². The molecule has 0 spiro atoms. The van der Waals surface area contributed by atoms with E-state index in [9.17, 15) is 0 Å². The highest BCUT2D eigenvalue weighted by atomic mass is 16.3. The number of hydrogen-bond acceptors (Lipinski definition) is 2. The molecule has 3 aromatic heterocycles. The average molecular weight is 553 g/mol. The first-order chi connectivity index (χ1) is 21.1. The van der Waals surface area contributed by atoms with Crippen molar-refractivity contribution in [2.75, 3.05) is 0 Å². The van der Waals surface area contributed by atoms with Gasteiger partial charge in [-0.2, -0.15) is 0 Å². The third-order valence-corrected chi connectivity index (χ3v) is 9.23. The fourth-order valence-corrected chi connectivity index (χ4v) is 7.12. The van der Waals surface area contributed by atoms with E-state index in [1.807, 2.05) is 6.07 Å². The SMILES string of the molecule is CC1(C)c2ccccc2-c2cc3oc4c(-c5cccc(-c6nc7ccccn7c6-c6ccccc6)c5)cccc4c3cc21. The number of hydrogen-bond donors (Lipinski definition) is 0. The van der Waals surface area contributed by atoms with Crippen LogP contribution < -0.4 is 0 Å². The minimum absolute atomic E-state index is 0.0554. The molecule has 0 N–H and O–H groups in total. The Morgan fingerprint density at radius 2 is 1.33 bits per heavy atom. The zero-order valence-electron chi connectivity index (χ0n) is 24.0. The smallest absolute Gasteiger partial charge is 0.143 e. The number of nitrogens with zero attached hydrogens (tertiary/aromatic N) is 2. The van der Waals surface area contributed by atoms with Crippen molar-refractivity contribution in [3.63, 3.8) is 0 Å². The second-order valence-corrected chi connectivity index (χ2v) is 12.0. The van der Waals surface area contributed by atoms with Crippen LogP contribution >= 0.6 is 0 Å². The van der Waals surface area contributed by atoms with Crippen LogP contribution in [0, 0.1) is 0 Å². The molecule has 9 rings (SSSR count). The first-order valence-corrected chi connectivity index (χ1v) is 14.8. The Balaban J connectivity index is 1.23. The lowest BCUT2D eigenvalue weighted by Gasteiger charge is -2.21. The highest BCUT2D eigenvalue weighted by molar-refractivity contribution is 6.11. The van der Waals surface area contributed by atoms with Crippen LogP contribution in [0.5, 0.6) is 0 Å². The van der Waals surface area contributed by atoms with E-state index >= 15 is 0 Å². The van der Waals surface area contributed by atoms with Crippen molar-refractivity contribution < 1.29 is 4.42 Å². The van der Waals surface area contributed by atoms with Crippen LogP contribution in [0.15, 0.2) is 138 Å². The largest absolute Gasteiger partial charge is 0.455 e. The van der Waals surface area contributed by atoms with Crippen LogP contribution in [-0.2, 0) is 5.41 Å². The summed E-state index contributed by atoms with van der Waals surface area (Å²) >= 11 is 0. The van der Waals surface area contributed by atoms with Crippen LogP contribution in [0.3, 0.4) is 0 Å². The van der Waals surface area contributed by atoms with Crippen LogP contribution in [-0.4, -0.2) is 9.38 Å². The Bertz CT molecular complexity index is 2370. The Labute approximate surface area is 249 Å². The number of pyridine rings is 1. The zero-order chi connectivity index (χ0) is 28.7. The lowest BCUT2D eigenvalue weighted by molar-refractivity contribution is 0.658. The van der Waals surface area contributed by atoms with Gasteiger partial charge in [-0.15, -0.1) is 0 Å². The number of imidazole rings is 1. The summed E-state index contributed by atoms with van der Waals surface area (Å²) in [6.07, 6.45) is 2.09. The van der Waals surface area contributed by atoms with Gasteiger partial charge in [0.15, 0.2) is 0 Å². The summed E-state index contributed by atoms with van der Waals surface area (Å²) < 4.78 is 8.89. The maximum absolute atomic E-state index is 6.71. The van der Waals surface area contributed by atoms with E-state index in [0.717, 1.165) is 55.8 Å². The number of rotatable bonds is 3. The number of aromatic nitrogens is 2. The zero-order valence-corrected chi connectivity index (χ0v) is 24.0. The molecule has 0 fully saturated rings. The number of fused-ring (bicyclic) bond motifs is 7. The second-order valence-electron chi connectivity index (χ2n) is 12.0. The third-order valence-electron chi connectivity index (χ3n) is 9.23. The van der Waals surface area contributed by atoms with E-state index in [4.69, 9.17) is 9.40 Å². The highest BCUT2D eigenvalue weighted by Crippen LogP contribution is 2.51. The molecule has 3 heterocycles. The molecule has 0 atom stereocenters. The van der Waals surface area contributed by atoms with Gasteiger partial charge in [-0.05, 0) is 58.1 Å². The minimum atomic E-state index is -0.0554. The molecule has 3 heteroatoms. The van der Waals surface area contributed by atoms with Crippen molar-refractivity contribution >= 4 is 27.6 Å². The molecule has 0 radical (unpaired) electrons. The molecule has 0 saturated carbocycles. The van der Waals surface area contributed by atoms with Crippen molar-refractivity contribution in [1.82, 2.24) is 9.38 Å². The molecular weight excluding hydrogens is 524 g/mol. The Kier molecular flexibility index (Phi) is 4.95. The van der Waals surface area contributed by atoms with Gasteiger partial charge in [0.2, 0.25) is 0 Å². The molecule has 8 aromatic rings. The van der Waals surface area contributed by atoms with Gasteiger partial charge in [-0.3, -0.25) is 4.40 Å². The van der Waals surface area contributed by atoms with Crippen LogP contribution in [0.2, 0.25) is 0 Å². The van der Waals surface area contributed by atoms with Gasteiger partial charge < -0.3 is 4.42 Å². The molecule has 1 aliphatic rings. The minimum Gasteiger partial charge on any atom is -0.455 e. The van der Waals surface area contributed by atoms with Gasteiger partial charge >= 0.3 is 0 Å². The number of furan rings is 1. The summed E-state index contributed by atoms with van der Waals surface area (Å²) in [4.78, 5) is 5.10. The normalized spacial score (nSPS) is 13.5. The van der Waals surface area contributed by atoms with E-state index in [1.54, 1.807) is 0 Å². The summed E-state index contributed by atoms with van der Waals surface area (Å²) in [6.45, 7) is 4.65. The van der Waals surface area contributed by atoms with Gasteiger partial charge in [0.05, 0.1) is 11.4 Å². The maximum atomic E-state index is 6.71. The predicted octanol–water partition coefficient (Wildman–Crippen LogP) is 10.5. The molecule has 0 unspecified atom stereocenters. The van der Waals surface area contributed by atoms with Gasteiger partial charge in [0.1, 0.15) is 16.8 Å². The van der Waals surface area contributed by atoms with E-state index in [0.29, 0.717) is 0 Å². The van der Waals surface area contributed by atoms with E-state index in [1.165, 1.54) is 27.6 Å². The summed E-state index contributed by atoms with van der Waals surface area (Å²) in [7, 11) is 0. The topological polar surface area (TPSA) is 30.4 Å².